The van der Waals surface area contributed by atoms with E-state index in [1.165, 1.54) is 24.2 Å². The van der Waals surface area contributed by atoms with Gasteiger partial charge in [0.1, 0.15) is 5.82 Å². The van der Waals surface area contributed by atoms with Crippen molar-refractivity contribution in [3.63, 3.8) is 0 Å². The molecule has 0 aliphatic carbocycles. The second kappa shape index (κ2) is 4.39. The minimum atomic E-state index is 0.214. The Morgan fingerprint density at radius 2 is 2.22 bits per heavy atom. The molecular formula is C15H21N3. The van der Waals surface area contributed by atoms with Gasteiger partial charge in [-0.1, -0.05) is 19.1 Å². The quantitative estimate of drug-likeness (QED) is 0.878. The highest BCUT2D eigenvalue weighted by Crippen LogP contribution is 2.35. The van der Waals surface area contributed by atoms with Crippen molar-refractivity contribution in [3.05, 3.63) is 30.1 Å². The number of nitrogens with one attached hydrogen (secondary N) is 1. The molecule has 96 valence electrons. The highest BCUT2D eigenvalue weighted by molar-refractivity contribution is 5.76. The average Bonchev–Trinajstić information content (AvgIpc) is 2.78. The fourth-order valence-corrected chi connectivity index (χ4v) is 3.24. The number of hydrogen-bond donors (Lipinski definition) is 1. The lowest BCUT2D eigenvalue weighted by atomic mass is 9.77. The number of imidazole rings is 1. The van der Waals surface area contributed by atoms with Gasteiger partial charge in [-0.25, -0.2) is 4.98 Å². The maximum absolute atomic E-state index is 4.90. The van der Waals surface area contributed by atoms with Crippen LogP contribution < -0.4 is 5.32 Å². The Balaban J connectivity index is 2.14. The zero-order valence-electron chi connectivity index (χ0n) is 11.2. The molecule has 18 heavy (non-hydrogen) atoms. The number of benzene rings is 1. The van der Waals surface area contributed by atoms with Crippen molar-refractivity contribution in [3.8, 4) is 0 Å². The molecule has 2 aromatic rings. The summed E-state index contributed by atoms with van der Waals surface area (Å²) in [5.74, 6) is 1.25. The molecule has 1 saturated heterocycles. The number of fused-ring (bicyclic) bond motifs is 1. The largest absolute Gasteiger partial charge is 0.331 e. The van der Waals surface area contributed by atoms with Crippen LogP contribution in [0.2, 0.25) is 0 Å². The highest BCUT2D eigenvalue weighted by Gasteiger charge is 2.36. The average molecular weight is 243 g/mol. The van der Waals surface area contributed by atoms with Crippen LogP contribution in [0.1, 0.15) is 32.0 Å². The lowest BCUT2D eigenvalue weighted by Crippen LogP contribution is -2.44. The van der Waals surface area contributed by atoms with E-state index in [1.54, 1.807) is 0 Å². The molecule has 3 heteroatoms. The molecule has 1 fully saturated rings. The van der Waals surface area contributed by atoms with Crippen LogP contribution in [-0.4, -0.2) is 22.6 Å². The van der Waals surface area contributed by atoms with Crippen LogP contribution in [0.4, 0.5) is 0 Å². The van der Waals surface area contributed by atoms with E-state index >= 15 is 0 Å². The van der Waals surface area contributed by atoms with Crippen LogP contribution in [0.3, 0.4) is 0 Å². The van der Waals surface area contributed by atoms with Gasteiger partial charge in [0.25, 0.3) is 0 Å². The second-order valence-electron chi connectivity index (χ2n) is 5.40. The summed E-state index contributed by atoms with van der Waals surface area (Å²) < 4.78 is 2.28. The van der Waals surface area contributed by atoms with Crippen molar-refractivity contribution in [1.82, 2.24) is 14.9 Å². The summed E-state index contributed by atoms with van der Waals surface area (Å²) in [6.45, 7) is 4.48. The van der Waals surface area contributed by atoms with Crippen LogP contribution in [0, 0.1) is 0 Å². The third-order valence-electron chi connectivity index (χ3n) is 4.41. The van der Waals surface area contributed by atoms with Gasteiger partial charge in [0.05, 0.1) is 11.0 Å². The Morgan fingerprint density at radius 3 is 2.89 bits per heavy atom. The van der Waals surface area contributed by atoms with Gasteiger partial charge in [-0.3, -0.25) is 0 Å². The molecule has 3 nitrogen and oxygen atoms in total. The number of aromatic nitrogens is 2. The van der Waals surface area contributed by atoms with Gasteiger partial charge in [0, 0.05) is 19.0 Å². The lowest BCUT2D eigenvalue weighted by molar-refractivity contribution is 0.283. The highest BCUT2D eigenvalue weighted by atomic mass is 15.1. The summed E-state index contributed by atoms with van der Waals surface area (Å²) in [6.07, 6.45) is 3.64. The van der Waals surface area contributed by atoms with Gasteiger partial charge in [-0.15, -0.1) is 0 Å². The number of aryl methyl sites for hydroxylation is 1. The van der Waals surface area contributed by atoms with Gasteiger partial charge in [-0.2, -0.15) is 0 Å². The summed E-state index contributed by atoms with van der Waals surface area (Å²) in [5.41, 5.74) is 2.57. The molecule has 3 rings (SSSR count). The third-order valence-corrected chi connectivity index (χ3v) is 4.41. The van der Waals surface area contributed by atoms with Crippen LogP contribution in [-0.2, 0) is 12.5 Å². The topological polar surface area (TPSA) is 29.9 Å². The van der Waals surface area contributed by atoms with E-state index in [4.69, 9.17) is 4.98 Å². The molecule has 1 aliphatic heterocycles. The predicted octanol–water partition coefficient (Wildman–Crippen LogP) is 2.60. The van der Waals surface area contributed by atoms with E-state index < -0.39 is 0 Å². The Bertz CT molecular complexity index is 550. The minimum absolute atomic E-state index is 0.214. The molecule has 0 amide bonds. The van der Waals surface area contributed by atoms with Gasteiger partial charge in [0.15, 0.2) is 0 Å². The first-order chi connectivity index (χ1) is 8.77. The van der Waals surface area contributed by atoms with Crippen molar-refractivity contribution in [2.75, 3.05) is 13.1 Å². The molecule has 0 spiro atoms. The van der Waals surface area contributed by atoms with Gasteiger partial charge < -0.3 is 9.88 Å². The van der Waals surface area contributed by atoms with Gasteiger partial charge in [0.2, 0.25) is 0 Å². The van der Waals surface area contributed by atoms with E-state index in [0.29, 0.717) is 0 Å². The van der Waals surface area contributed by atoms with E-state index in [0.717, 1.165) is 25.0 Å². The monoisotopic (exact) mass is 243 g/mol. The number of hydrogen-bond acceptors (Lipinski definition) is 2. The smallest absolute Gasteiger partial charge is 0.117 e. The van der Waals surface area contributed by atoms with Crippen LogP contribution in [0.15, 0.2) is 24.3 Å². The van der Waals surface area contributed by atoms with E-state index in [-0.39, 0.29) is 5.41 Å². The Hall–Kier alpha value is -1.35. The molecule has 1 aromatic carbocycles. The number of rotatable bonds is 2. The first kappa shape index (κ1) is 11.7. The van der Waals surface area contributed by atoms with Gasteiger partial charge >= 0.3 is 0 Å². The first-order valence-electron chi connectivity index (χ1n) is 6.89. The molecule has 1 unspecified atom stereocenters. The van der Waals surface area contributed by atoms with Gasteiger partial charge in [-0.05, 0) is 37.9 Å². The molecule has 0 radical (unpaired) electrons. The number of piperidine rings is 1. The molecular weight excluding hydrogens is 222 g/mol. The molecule has 1 N–H and O–H groups in total. The van der Waals surface area contributed by atoms with E-state index in [2.05, 4.69) is 48.1 Å². The van der Waals surface area contributed by atoms with Crippen molar-refractivity contribution in [2.45, 2.75) is 31.6 Å². The van der Waals surface area contributed by atoms with E-state index in [1.807, 2.05) is 0 Å². The van der Waals surface area contributed by atoms with Crippen LogP contribution >= 0.6 is 0 Å². The fourth-order valence-electron chi connectivity index (χ4n) is 3.24. The first-order valence-corrected chi connectivity index (χ1v) is 6.89. The summed E-state index contributed by atoms with van der Waals surface area (Å²) in [4.78, 5) is 4.90. The van der Waals surface area contributed by atoms with Crippen LogP contribution in [0.25, 0.3) is 11.0 Å². The molecule has 1 aromatic heterocycles. The number of nitrogens with zero attached hydrogens (tertiary/aromatic N) is 2. The Morgan fingerprint density at radius 1 is 1.39 bits per heavy atom. The minimum Gasteiger partial charge on any atom is -0.331 e. The Kier molecular flexibility index (Phi) is 2.86. The second-order valence-corrected chi connectivity index (χ2v) is 5.40. The molecule has 0 saturated carbocycles. The third kappa shape index (κ3) is 1.65. The Labute approximate surface area is 108 Å². The predicted molar refractivity (Wildman–Crippen MR) is 74.8 cm³/mol. The van der Waals surface area contributed by atoms with E-state index in [9.17, 15) is 0 Å². The molecule has 2 heterocycles. The van der Waals surface area contributed by atoms with Crippen molar-refractivity contribution in [1.29, 1.82) is 0 Å². The molecule has 1 atom stereocenters. The summed E-state index contributed by atoms with van der Waals surface area (Å²) >= 11 is 0. The zero-order chi connectivity index (χ0) is 12.6. The van der Waals surface area contributed by atoms with Crippen LogP contribution in [0.5, 0.6) is 0 Å². The fraction of sp³-hybridized carbons (Fsp3) is 0.533. The summed E-state index contributed by atoms with van der Waals surface area (Å²) in [5, 5.41) is 3.54. The normalized spacial score (nSPS) is 24.6. The van der Waals surface area contributed by atoms with Crippen molar-refractivity contribution >= 4 is 11.0 Å². The summed E-state index contributed by atoms with van der Waals surface area (Å²) in [6, 6.07) is 8.42. The zero-order valence-corrected chi connectivity index (χ0v) is 11.2. The summed E-state index contributed by atoms with van der Waals surface area (Å²) in [7, 11) is 2.15. The molecule has 1 aliphatic rings. The standard InChI is InChI=1S/C15H21N3/c1-3-15(9-6-10-16-11-15)14-17-12-7-4-5-8-13(12)18(14)2/h4-5,7-8,16H,3,6,9-11H2,1-2H3. The lowest BCUT2D eigenvalue weighted by Gasteiger charge is -2.36. The number of para-hydroxylation sites is 2. The SMILES string of the molecule is CCC1(c2nc3ccccc3n2C)CCCNC1. The van der Waals surface area contributed by atoms with Crippen molar-refractivity contribution in [2.24, 2.45) is 7.05 Å². The maximum Gasteiger partial charge on any atom is 0.117 e. The van der Waals surface area contributed by atoms with Crippen molar-refractivity contribution < 1.29 is 0 Å². The molecule has 0 bridgehead atoms. The maximum atomic E-state index is 4.90.